The van der Waals surface area contributed by atoms with Gasteiger partial charge in [0.15, 0.2) is 0 Å². The molecule has 0 aromatic heterocycles. The van der Waals surface area contributed by atoms with Gasteiger partial charge in [0.05, 0.1) is 0 Å². The van der Waals surface area contributed by atoms with Gasteiger partial charge in [-0.3, -0.25) is 4.79 Å². The predicted molar refractivity (Wildman–Crippen MR) is 99.2 cm³/mol. The number of nitrogens with zero attached hydrogens (tertiary/aromatic N) is 1. The van der Waals surface area contributed by atoms with E-state index >= 15 is 0 Å². The highest BCUT2D eigenvalue weighted by Crippen LogP contribution is 2.19. The summed E-state index contributed by atoms with van der Waals surface area (Å²) in [5.41, 5.74) is 1.93. The molecule has 134 valence electrons. The average molecular weight is 362 g/mol. The Bertz CT molecular complexity index is 657. The lowest BCUT2D eigenvalue weighted by molar-refractivity contribution is -0.181. The van der Waals surface area contributed by atoms with Gasteiger partial charge < -0.3 is 14.4 Å². The SMILES string of the molecule is CCOC(OCC)C(=O)N(Cc1ccccc1)Cc1ccccc1Cl. The molecular formula is C20H24ClNO3. The highest BCUT2D eigenvalue weighted by molar-refractivity contribution is 6.31. The Morgan fingerprint density at radius 1 is 0.960 bits per heavy atom. The Hall–Kier alpha value is -1.88. The molecule has 0 atom stereocenters. The number of hydrogen-bond donors (Lipinski definition) is 0. The van der Waals surface area contributed by atoms with E-state index in [0.29, 0.717) is 31.3 Å². The number of benzene rings is 2. The number of amides is 1. The molecule has 25 heavy (non-hydrogen) atoms. The quantitative estimate of drug-likeness (QED) is 0.626. The maximum absolute atomic E-state index is 13.0. The monoisotopic (exact) mass is 361 g/mol. The first-order valence-corrected chi connectivity index (χ1v) is 8.82. The van der Waals surface area contributed by atoms with Gasteiger partial charge in [-0.1, -0.05) is 60.1 Å². The molecule has 0 bridgehead atoms. The Balaban J connectivity index is 2.24. The second-order valence-electron chi connectivity index (χ2n) is 5.51. The van der Waals surface area contributed by atoms with Gasteiger partial charge in [0.1, 0.15) is 0 Å². The van der Waals surface area contributed by atoms with E-state index in [1.807, 2.05) is 68.4 Å². The second kappa shape index (κ2) is 10.2. The first-order chi connectivity index (χ1) is 12.2. The van der Waals surface area contributed by atoms with E-state index in [1.54, 1.807) is 4.90 Å². The van der Waals surface area contributed by atoms with Crippen molar-refractivity contribution in [2.24, 2.45) is 0 Å². The molecule has 0 aliphatic rings. The van der Waals surface area contributed by atoms with Crippen molar-refractivity contribution < 1.29 is 14.3 Å². The molecule has 2 aromatic rings. The zero-order valence-electron chi connectivity index (χ0n) is 14.7. The highest BCUT2D eigenvalue weighted by Gasteiger charge is 2.26. The Kier molecular flexibility index (Phi) is 7.92. The Morgan fingerprint density at radius 3 is 2.16 bits per heavy atom. The van der Waals surface area contributed by atoms with Crippen LogP contribution in [0.4, 0.5) is 0 Å². The summed E-state index contributed by atoms with van der Waals surface area (Å²) >= 11 is 6.28. The normalized spacial score (nSPS) is 10.9. The summed E-state index contributed by atoms with van der Waals surface area (Å²) in [5, 5.41) is 0.637. The zero-order chi connectivity index (χ0) is 18.1. The first kappa shape index (κ1) is 19.4. The van der Waals surface area contributed by atoms with Crippen LogP contribution in [0.3, 0.4) is 0 Å². The Labute approximate surface area is 154 Å². The molecule has 0 unspecified atom stereocenters. The van der Waals surface area contributed by atoms with Crippen LogP contribution in [-0.4, -0.2) is 30.3 Å². The van der Waals surface area contributed by atoms with Crippen molar-refractivity contribution in [3.63, 3.8) is 0 Å². The van der Waals surface area contributed by atoms with Gasteiger partial charge in [-0.15, -0.1) is 0 Å². The minimum Gasteiger partial charge on any atom is -0.345 e. The van der Waals surface area contributed by atoms with E-state index in [0.717, 1.165) is 11.1 Å². The van der Waals surface area contributed by atoms with Crippen molar-refractivity contribution in [1.29, 1.82) is 0 Å². The van der Waals surface area contributed by atoms with Crippen LogP contribution in [0.1, 0.15) is 25.0 Å². The summed E-state index contributed by atoms with van der Waals surface area (Å²) in [7, 11) is 0. The Morgan fingerprint density at radius 2 is 1.56 bits per heavy atom. The topological polar surface area (TPSA) is 38.8 Å². The zero-order valence-corrected chi connectivity index (χ0v) is 15.4. The maximum atomic E-state index is 13.0. The van der Waals surface area contributed by atoms with Gasteiger partial charge in [0, 0.05) is 31.3 Å². The van der Waals surface area contributed by atoms with E-state index in [4.69, 9.17) is 21.1 Å². The molecule has 2 rings (SSSR count). The molecule has 0 saturated heterocycles. The smallest absolute Gasteiger partial charge is 0.280 e. The summed E-state index contributed by atoms with van der Waals surface area (Å²) in [6.07, 6.45) is -0.902. The largest absolute Gasteiger partial charge is 0.345 e. The van der Waals surface area contributed by atoms with Crippen LogP contribution in [0.2, 0.25) is 5.02 Å². The molecule has 0 fully saturated rings. The van der Waals surface area contributed by atoms with E-state index in [9.17, 15) is 4.79 Å². The number of halogens is 1. The van der Waals surface area contributed by atoms with Crippen LogP contribution in [-0.2, 0) is 27.4 Å². The van der Waals surface area contributed by atoms with Gasteiger partial charge >= 0.3 is 0 Å². The van der Waals surface area contributed by atoms with Crippen LogP contribution >= 0.6 is 11.6 Å². The van der Waals surface area contributed by atoms with E-state index in [1.165, 1.54) is 0 Å². The molecule has 0 radical (unpaired) electrons. The third kappa shape index (κ3) is 5.85. The minimum atomic E-state index is -0.902. The number of carbonyl (C=O) groups excluding carboxylic acids is 1. The van der Waals surface area contributed by atoms with Gasteiger partial charge in [0.25, 0.3) is 5.91 Å². The molecule has 0 saturated carbocycles. The van der Waals surface area contributed by atoms with E-state index < -0.39 is 6.29 Å². The van der Waals surface area contributed by atoms with Crippen molar-refractivity contribution in [2.75, 3.05) is 13.2 Å². The third-order valence-electron chi connectivity index (χ3n) is 3.68. The van der Waals surface area contributed by atoms with Gasteiger partial charge in [-0.25, -0.2) is 0 Å². The lowest BCUT2D eigenvalue weighted by atomic mass is 10.1. The highest BCUT2D eigenvalue weighted by atomic mass is 35.5. The molecule has 1 amide bonds. The van der Waals surface area contributed by atoms with Crippen LogP contribution < -0.4 is 0 Å². The fourth-order valence-electron chi connectivity index (χ4n) is 2.49. The second-order valence-corrected chi connectivity index (χ2v) is 5.92. The van der Waals surface area contributed by atoms with Gasteiger partial charge in [-0.2, -0.15) is 0 Å². The van der Waals surface area contributed by atoms with Crippen molar-refractivity contribution in [3.05, 3.63) is 70.7 Å². The van der Waals surface area contributed by atoms with Crippen molar-refractivity contribution in [2.45, 2.75) is 33.2 Å². The average Bonchev–Trinajstić information content (AvgIpc) is 2.63. The predicted octanol–water partition coefficient (Wildman–Crippen LogP) is 4.27. The third-order valence-corrected chi connectivity index (χ3v) is 4.05. The summed E-state index contributed by atoms with van der Waals surface area (Å²) < 4.78 is 11.0. The van der Waals surface area contributed by atoms with Crippen molar-refractivity contribution in [1.82, 2.24) is 4.90 Å². The molecule has 0 heterocycles. The minimum absolute atomic E-state index is 0.201. The summed E-state index contributed by atoms with van der Waals surface area (Å²) in [4.78, 5) is 14.7. The molecule has 4 nitrogen and oxygen atoms in total. The molecule has 0 N–H and O–H groups in total. The molecular weight excluding hydrogens is 338 g/mol. The lowest BCUT2D eigenvalue weighted by Crippen LogP contribution is -2.41. The molecule has 0 aliphatic heterocycles. The maximum Gasteiger partial charge on any atom is 0.280 e. The molecule has 0 spiro atoms. The van der Waals surface area contributed by atoms with Crippen LogP contribution in [0, 0.1) is 0 Å². The summed E-state index contributed by atoms with van der Waals surface area (Å²) in [6.45, 7) is 5.35. The van der Waals surface area contributed by atoms with E-state index in [-0.39, 0.29) is 5.91 Å². The number of rotatable bonds is 9. The molecule has 0 aliphatic carbocycles. The lowest BCUT2D eigenvalue weighted by Gasteiger charge is -2.27. The van der Waals surface area contributed by atoms with Crippen molar-refractivity contribution in [3.8, 4) is 0 Å². The van der Waals surface area contributed by atoms with Crippen LogP contribution in [0.25, 0.3) is 0 Å². The molecule has 5 heteroatoms. The fraction of sp³-hybridized carbons (Fsp3) is 0.350. The van der Waals surface area contributed by atoms with Crippen LogP contribution in [0.5, 0.6) is 0 Å². The molecule has 2 aromatic carbocycles. The van der Waals surface area contributed by atoms with Gasteiger partial charge in [0.2, 0.25) is 6.29 Å². The number of hydrogen-bond acceptors (Lipinski definition) is 3. The number of ether oxygens (including phenoxy) is 2. The summed E-state index contributed by atoms with van der Waals surface area (Å²) in [5.74, 6) is -0.201. The summed E-state index contributed by atoms with van der Waals surface area (Å²) in [6, 6.07) is 17.4. The van der Waals surface area contributed by atoms with Crippen molar-refractivity contribution >= 4 is 17.5 Å². The first-order valence-electron chi connectivity index (χ1n) is 8.45. The number of carbonyl (C=O) groups is 1. The fourth-order valence-corrected chi connectivity index (χ4v) is 2.69. The van der Waals surface area contributed by atoms with Gasteiger partial charge in [-0.05, 0) is 31.0 Å². The standard InChI is InChI=1S/C20H24ClNO3/c1-3-24-20(25-4-2)19(23)22(14-16-10-6-5-7-11-16)15-17-12-8-9-13-18(17)21/h5-13,20H,3-4,14-15H2,1-2H3. The van der Waals surface area contributed by atoms with E-state index in [2.05, 4.69) is 0 Å². The van der Waals surface area contributed by atoms with Crippen LogP contribution in [0.15, 0.2) is 54.6 Å².